The minimum atomic E-state index is -0.750. The van der Waals surface area contributed by atoms with E-state index in [1.807, 2.05) is 80.5 Å². The van der Waals surface area contributed by atoms with Gasteiger partial charge in [-0.3, -0.25) is 0 Å². The van der Waals surface area contributed by atoms with Gasteiger partial charge in [0.1, 0.15) is 18.0 Å². The number of ether oxygens (including phenoxy) is 2. The molecule has 1 saturated heterocycles. The molecule has 180 valence electrons. The first-order chi connectivity index (χ1) is 14.4. The van der Waals surface area contributed by atoms with Gasteiger partial charge in [-0.15, -0.1) is 0 Å². The molecule has 32 heavy (non-hydrogen) atoms. The maximum Gasteiger partial charge on any atom is 0.494 e. The fourth-order valence-electron chi connectivity index (χ4n) is 3.74. The van der Waals surface area contributed by atoms with Gasteiger partial charge in [0.2, 0.25) is 0 Å². The summed E-state index contributed by atoms with van der Waals surface area (Å²) in [5, 5.41) is 2.86. The molecule has 6 nitrogen and oxygen atoms in total. The number of carbonyl (C=O) groups excluding carboxylic acids is 1. The van der Waals surface area contributed by atoms with Gasteiger partial charge in [-0.05, 0) is 91.7 Å². The second kappa shape index (κ2) is 9.26. The Balaban J connectivity index is 2.11. The molecule has 1 aromatic rings. The SMILES string of the molecule is Cc1cc(B2OC(C)(C)C(C)(C)O2)ccc1OC[C@](C)(CC(C)C)OC(=O)NC(C)(C)C. The van der Waals surface area contributed by atoms with Gasteiger partial charge < -0.3 is 24.1 Å². The van der Waals surface area contributed by atoms with Crippen molar-refractivity contribution in [3.8, 4) is 5.75 Å². The molecule has 1 fully saturated rings. The molecular weight excluding hydrogens is 405 g/mol. The van der Waals surface area contributed by atoms with Crippen molar-refractivity contribution < 1.29 is 23.6 Å². The van der Waals surface area contributed by atoms with Gasteiger partial charge in [-0.2, -0.15) is 0 Å². The van der Waals surface area contributed by atoms with Gasteiger partial charge in [-0.25, -0.2) is 4.79 Å². The molecule has 1 N–H and O–H groups in total. The number of benzene rings is 1. The molecule has 1 heterocycles. The first-order valence-electron chi connectivity index (χ1n) is 11.5. The summed E-state index contributed by atoms with van der Waals surface area (Å²) in [6.45, 7) is 22.3. The van der Waals surface area contributed by atoms with Crippen LogP contribution in [0.4, 0.5) is 4.79 Å². The third-order valence-electron chi connectivity index (χ3n) is 5.91. The van der Waals surface area contributed by atoms with Gasteiger partial charge in [-0.1, -0.05) is 26.0 Å². The molecule has 1 aliphatic heterocycles. The Hall–Kier alpha value is -1.73. The van der Waals surface area contributed by atoms with Gasteiger partial charge in [0.15, 0.2) is 0 Å². The highest BCUT2D eigenvalue weighted by Gasteiger charge is 2.51. The molecule has 0 unspecified atom stereocenters. The number of alkyl carbamates (subject to hydrolysis) is 1. The number of carbonyl (C=O) groups is 1. The number of amides is 1. The van der Waals surface area contributed by atoms with Crippen molar-refractivity contribution >= 4 is 18.7 Å². The lowest BCUT2D eigenvalue weighted by molar-refractivity contribution is -0.0251. The Bertz CT molecular complexity index is 799. The molecule has 1 aromatic carbocycles. The molecular formula is C25H42BNO5. The summed E-state index contributed by atoms with van der Waals surface area (Å²) >= 11 is 0. The number of hydrogen-bond donors (Lipinski definition) is 1. The quantitative estimate of drug-likeness (QED) is 0.596. The average molecular weight is 447 g/mol. The van der Waals surface area contributed by atoms with Crippen molar-refractivity contribution in [1.29, 1.82) is 0 Å². The molecule has 1 atom stereocenters. The van der Waals surface area contributed by atoms with Crippen LogP contribution >= 0.6 is 0 Å². The lowest BCUT2D eigenvalue weighted by Crippen LogP contribution is -2.47. The van der Waals surface area contributed by atoms with E-state index >= 15 is 0 Å². The van der Waals surface area contributed by atoms with Crippen LogP contribution in [0.2, 0.25) is 0 Å². The Morgan fingerprint density at radius 3 is 2.12 bits per heavy atom. The summed E-state index contributed by atoms with van der Waals surface area (Å²) in [5.41, 5.74) is 0.0496. The van der Waals surface area contributed by atoms with E-state index in [-0.39, 0.29) is 23.3 Å². The maximum atomic E-state index is 12.4. The number of nitrogens with one attached hydrogen (secondary N) is 1. The Kier molecular flexibility index (Phi) is 7.68. The number of aryl methyl sites for hydroxylation is 1. The van der Waals surface area contributed by atoms with Crippen LogP contribution in [0.1, 0.15) is 81.2 Å². The van der Waals surface area contributed by atoms with Crippen LogP contribution in [-0.2, 0) is 14.0 Å². The largest absolute Gasteiger partial charge is 0.494 e. The summed E-state index contributed by atoms with van der Waals surface area (Å²) < 4.78 is 24.3. The van der Waals surface area contributed by atoms with E-state index in [2.05, 4.69) is 19.2 Å². The van der Waals surface area contributed by atoms with Gasteiger partial charge in [0, 0.05) is 5.54 Å². The topological polar surface area (TPSA) is 66.0 Å². The maximum absolute atomic E-state index is 12.4. The van der Waals surface area contributed by atoms with Crippen molar-refractivity contribution in [3.05, 3.63) is 23.8 Å². The zero-order valence-corrected chi connectivity index (χ0v) is 21.8. The Morgan fingerprint density at radius 1 is 1.09 bits per heavy atom. The molecule has 0 aromatic heterocycles. The van der Waals surface area contributed by atoms with Crippen LogP contribution in [0, 0.1) is 12.8 Å². The van der Waals surface area contributed by atoms with Crippen LogP contribution in [0.15, 0.2) is 18.2 Å². The molecule has 2 rings (SSSR count). The first kappa shape index (κ1) is 26.5. The summed E-state index contributed by atoms with van der Waals surface area (Å²) in [7, 11) is -0.414. The molecule has 1 aliphatic rings. The van der Waals surface area contributed by atoms with Gasteiger partial charge >= 0.3 is 13.2 Å². The minimum absolute atomic E-state index is 0.263. The smallest absolute Gasteiger partial charge is 0.489 e. The van der Waals surface area contributed by atoms with Gasteiger partial charge in [0.05, 0.1) is 11.2 Å². The third-order valence-corrected chi connectivity index (χ3v) is 5.91. The van der Waals surface area contributed by atoms with Crippen LogP contribution in [0.5, 0.6) is 5.75 Å². The normalized spacial score (nSPS) is 19.6. The van der Waals surface area contributed by atoms with Crippen LogP contribution < -0.4 is 15.5 Å². The summed E-state index contributed by atoms with van der Waals surface area (Å²) in [5.74, 6) is 1.10. The molecule has 1 amide bonds. The van der Waals surface area contributed by atoms with Crippen LogP contribution in [-0.4, -0.2) is 42.2 Å². The van der Waals surface area contributed by atoms with Gasteiger partial charge in [0.25, 0.3) is 0 Å². The van der Waals surface area contributed by atoms with Crippen molar-refractivity contribution in [3.63, 3.8) is 0 Å². The van der Waals surface area contributed by atoms with Crippen LogP contribution in [0.3, 0.4) is 0 Å². The van der Waals surface area contributed by atoms with Crippen molar-refractivity contribution in [2.75, 3.05) is 6.61 Å². The molecule has 0 spiro atoms. The molecule has 0 radical (unpaired) electrons. The Morgan fingerprint density at radius 2 is 1.66 bits per heavy atom. The van der Waals surface area contributed by atoms with E-state index in [1.54, 1.807) is 0 Å². The van der Waals surface area contributed by atoms with E-state index < -0.39 is 18.8 Å². The molecule has 0 aliphatic carbocycles. The summed E-state index contributed by atoms with van der Waals surface area (Å²) in [6, 6.07) is 5.93. The minimum Gasteiger partial charge on any atom is -0.489 e. The van der Waals surface area contributed by atoms with Crippen molar-refractivity contribution in [2.24, 2.45) is 5.92 Å². The zero-order valence-electron chi connectivity index (χ0n) is 21.8. The number of rotatable bonds is 7. The molecule has 0 saturated carbocycles. The fourth-order valence-corrected chi connectivity index (χ4v) is 3.74. The lowest BCUT2D eigenvalue weighted by atomic mass is 9.78. The predicted molar refractivity (Wildman–Crippen MR) is 130 cm³/mol. The highest BCUT2D eigenvalue weighted by molar-refractivity contribution is 6.62. The standard InChI is InChI=1S/C25H42BNO5/c1-17(2)15-25(11,30-21(28)27-22(4,5)6)16-29-20-13-12-19(14-18(20)3)26-31-23(7,8)24(9,10)32-26/h12-14,17H,15-16H2,1-11H3,(H,27,28)/t25-/m0/s1. The lowest BCUT2D eigenvalue weighted by Gasteiger charge is -2.33. The predicted octanol–water partition coefficient (Wildman–Crippen LogP) is 5.00. The zero-order chi connectivity index (χ0) is 24.5. The summed E-state index contributed by atoms with van der Waals surface area (Å²) in [6.07, 6.45) is 0.257. The summed E-state index contributed by atoms with van der Waals surface area (Å²) in [4.78, 5) is 12.4. The van der Waals surface area contributed by atoms with Crippen LogP contribution in [0.25, 0.3) is 0 Å². The van der Waals surface area contributed by atoms with E-state index in [1.165, 1.54) is 0 Å². The van der Waals surface area contributed by atoms with Crippen molar-refractivity contribution in [1.82, 2.24) is 5.32 Å². The second-order valence-corrected chi connectivity index (χ2v) is 11.7. The molecule has 0 bridgehead atoms. The van der Waals surface area contributed by atoms with E-state index in [0.29, 0.717) is 12.3 Å². The average Bonchev–Trinajstić information content (AvgIpc) is 2.78. The first-order valence-corrected chi connectivity index (χ1v) is 11.5. The second-order valence-electron chi connectivity index (χ2n) is 11.7. The highest BCUT2D eigenvalue weighted by atomic mass is 16.7. The van der Waals surface area contributed by atoms with E-state index in [9.17, 15) is 4.79 Å². The molecule has 7 heteroatoms. The van der Waals surface area contributed by atoms with E-state index in [4.69, 9.17) is 18.8 Å². The van der Waals surface area contributed by atoms with Crippen molar-refractivity contribution in [2.45, 2.75) is 105 Å². The number of hydrogen-bond acceptors (Lipinski definition) is 5. The van der Waals surface area contributed by atoms with E-state index in [0.717, 1.165) is 16.8 Å². The third kappa shape index (κ3) is 6.88. The fraction of sp³-hybridized carbons (Fsp3) is 0.720. The monoisotopic (exact) mass is 447 g/mol. The highest BCUT2D eigenvalue weighted by Crippen LogP contribution is 2.36. The Labute approximate surface area is 194 Å².